The van der Waals surface area contributed by atoms with E-state index in [4.69, 9.17) is 5.73 Å². The molecule has 2 rings (SSSR count). The van der Waals surface area contributed by atoms with E-state index >= 15 is 0 Å². The molecule has 0 saturated heterocycles. The summed E-state index contributed by atoms with van der Waals surface area (Å²) in [6.45, 7) is 23.8. The van der Waals surface area contributed by atoms with Gasteiger partial charge in [0.2, 0.25) is 0 Å². The topological polar surface area (TPSA) is 79.5 Å². The fraction of sp³-hybridized carbons (Fsp3) is 0.286. The number of carbonyl (C=O) groups is 1. The molecular formula is C28H42N4OS. The van der Waals surface area contributed by atoms with Crippen molar-refractivity contribution in [3.05, 3.63) is 90.8 Å². The molecule has 0 fully saturated rings. The molecule has 4 N–H and O–H groups in total. The molecule has 6 heteroatoms. The second kappa shape index (κ2) is 20.4. The lowest BCUT2D eigenvalue weighted by molar-refractivity contribution is 0.102. The van der Waals surface area contributed by atoms with Crippen LogP contribution >= 0.6 is 11.8 Å². The third-order valence-electron chi connectivity index (χ3n) is 4.10. The molecule has 0 spiro atoms. The zero-order valence-electron chi connectivity index (χ0n) is 21.7. The number of benzene rings is 2. The summed E-state index contributed by atoms with van der Waals surface area (Å²) in [5.74, 6) is 0.310. The summed E-state index contributed by atoms with van der Waals surface area (Å²) in [4.78, 5) is 17.5. The van der Waals surface area contributed by atoms with Gasteiger partial charge in [-0.15, -0.1) is 24.9 Å². The summed E-state index contributed by atoms with van der Waals surface area (Å²) < 4.78 is 0. The highest BCUT2D eigenvalue weighted by Gasteiger charge is 2.10. The maximum Gasteiger partial charge on any atom is 0.255 e. The smallest absolute Gasteiger partial charge is 0.255 e. The fourth-order valence-electron chi connectivity index (χ4n) is 2.55. The van der Waals surface area contributed by atoms with Gasteiger partial charge in [0.05, 0.1) is 11.4 Å². The van der Waals surface area contributed by atoms with Crippen molar-refractivity contribution in [2.45, 2.75) is 47.6 Å². The first-order valence-electron chi connectivity index (χ1n) is 11.4. The Bertz CT molecular complexity index is 905. The minimum atomic E-state index is -0.203. The summed E-state index contributed by atoms with van der Waals surface area (Å²) in [5.41, 5.74) is 9.81. The van der Waals surface area contributed by atoms with Crippen molar-refractivity contribution in [1.29, 1.82) is 0 Å². The van der Waals surface area contributed by atoms with Crippen molar-refractivity contribution in [2.75, 3.05) is 17.3 Å². The van der Waals surface area contributed by atoms with Crippen LogP contribution in [-0.4, -0.2) is 18.9 Å². The van der Waals surface area contributed by atoms with Gasteiger partial charge in [-0.1, -0.05) is 65.5 Å². The molecule has 0 bridgehead atoms. The van der Waals surface area contributed by atoms with Crippen molar-refractivity contribution in [3.63, 3.8) is 0 Å². The van der Waals surface area contributed by atoms with Crippen LogP contribution in [0.3, 0.4) is 0 Å². The largest absolute Gasteiger partial charge is 0.397 e. The van der Waals surface area contributed by atoms with E-state index in [0.717, 1.165) is 22.5 Å². The highest BCUT2D eigenvalue weighted by atomic mass is 32.2. The minimum Gasteiger partial charge on any atom is -0.397 e. The molecule has 0 saturated carbocycles. The normalized spacial score (nSPS) is 9.53. The molecular weight excluding hydrogens is 440 g/mol. The molecule has 0 aliphatic carbocycles. The standard InChI is InChI=1S/C22H26N4OS.2C2H6.C2H4/c1-5-6-21(28-4)18-11-12-19(23)20(13-18)26-22(27)17-9-7-16(8-10-17)14-25-15(2)24-3;3*1-2/h6-13,25H,2-3,5,14,23H2,1,4H3,(H,26,27);2*1-2H3;1-2H2/b21-6-;;;. The average Bonchev–Trinajstić information content (AvgIpc) is 2.91. The number of nitrogens with two attached hydrogens (primary N) is 1. The molecule has 1 amide bonds. The lowest BCUT2D eigenvalue weighted by atomic mass is 10.1. The number of allylic oxidation sites excluding steroid dienone is 1. The van der Waals surface area contributed by atoms with E-state index in [1.165, 1.54) is 0 Å². The number of hydrogen-bond acceptors (Lipinski definition) is 5. The highest BCUT2D eigenvalue weighted by Crippen LogP contribution is 2.30. The van der Waals surface area contributed by atoms with Gasteiger partial charge in [-0.05, 0) is 54.8 Å². The molecule has 34 heavy (non-hydrogen) atoms. The number of anilines is 2. The second-order valence-electron chi connectivity index (χ2n) is 6.09. The third kappa shape index (κ3) is 11.6. The van der Waals surface area contributed by atoms with Gasteiger partial charge in [0.25, 0.3) is 5.91 Å². The van der Waals surface area contributed by atoms with Crippen molar-refractivity contribution in [3.8, 4) is 0 Å². The quantitative estimate of drug-likeness (QED) is 0.194. The van der Waals surface area contributed by atoms with Gasteiger partial charge in [-0.3, -0.25) is 4.79 Å². The highest BCUT2D eigenvalue weighted by molar-refractivity contribution is 8.07. The summed E-state index contributed by atoms with van der Waals surface area (Å²) >= 11 is 1.67. The maximum absolute atomic E-state index is 12.6. The molecule has 0 unspecified atom stereocenters. The Labute approximate surface area is 211 Å². The number of aliphatic imine (C=N–C) groups is 1. The van der Waals surface area contributed by atoms with Gasteiger partial charge in [-0.25, -0.2) is 4.99 Å². The molecule has 0 aliphatic rings. The molecule has 0 atom stereocenters. The number of carbonyl (C=O) groups excluding carboxylic acids is 1. The number of nitrogen functional groups attached to an aromatic ring is 1. The minimum absolute atomic E-state index is 0.203. The number of rotatable bonds is 9. The van der Waals surface area contributed by atoms with E-state index in [0.29, 0.717) is 29.3 Å². The van der Waals surface area contributed by atoms with E-state index in [2.05, 4.69) is 55.1 Å². The van der Waals surface area contributed by atoms with Crippen molar-refractivity contribution in [1.82, 2.24) is 5.32 Å². The van der Waals surface area contributed by atoms with Gasteiger partial charge in [0.1, 0.15) is 5.82 Å². The number of hydrogen-bond donors (Lipinski definition) is 3. The fourth-order valence-corrected chi connectivity index (χ4v) is 3.25. The molecule has 2 aromatic carbocycles. The number of nitrogens with zero attached hydrogens (tertiary/aromatic N) is 1. The molecule has 186 valence electrons. The van der Waals surface area contributed by atoms with Crippen molar-refractivity contribution in [2.24, 2.45) is 4.99 Å². The zero-order valence-corrected chi connectivity index (χ0v) is 22.5. The van der Waals surface area contributed by atoms with Crippen LogP contribution in [0.4, 0.5) is 11.4 Å². The predicted molar refractivity (Wildman–Crippen MR) is 157 cm³/mol. The number of amides is 1. The number of nitrogens with one attached hydrogen (secondary N) is 2. The summed E-state index contributed by atoms with van der Waals surface area (Å²) in [7, 11) is 0. The first-order chi connectivity index (χ1) is 16.5. The summed E-state index contributed by atoms with van der Waals surface area (Å²) in [6, 6.07) is 13.0. The van der Waals surface area contributed by atoms with Crippen LogP contribution in [0, 0.1) is 0 Å². The predicted octanol–water partition coefficient (Wildman–Crippen LogP) is 7.75. The lowest BCUT2D eigenvalue weighted by Gasteiger charge is -2.12. The van der Waals surface area contributed by atoms with Crippen molar-refractivity contribution >= 4 is 40.7 Å². The van der Waals surface area contributed by atoms with E-state index in [1.54, 1.807) is 23.9 Å². The van der Waals surface area contributed by atoms with E-state index < -0.39 is 0 Å². The Morgan fingerprint density at radius 3 is 2.12 bits per heavy atom. The van der Waals surface area contributed by atoms with Crippen LogP contribution in [0.25, 0.3) is 4.91 Å². The van der Waals surface area contributed by atoms with E-state index in [-0.39, 0.29) is 5.91 Å². The first kappa shape index (κ1) is 32.9. The Kier molecular flexibility index (Phi) is 19.7. The van der Waals surface area contributed by atoms with Crippen LogP contribution < -0.4 is 16.4 Å². The molecule has 2 aromatic rings. The Hall–Kier alpha value is -3.25. The lowest BCUT2D eigenvalue weighted by Crippen LogP contribution is -2.14. The zero-order chi connectivity index (χ0) is 26.5. The molecule has 0 aromatic heterocycles. The average molecular weight is 483 g/mol. The second-order valence-corrected chi connectivity index (χ2v) is 6.94. The molecule has 0 radical (unpaired) electrons. The van der Waals surface area contributed by atoms with E-state index in [9.17, 15) is 4.79 Å². The van der Waals surface area contributed by atoms with E-state index in [1.807, 2.05) is 64.3 Å². The third-order valence-corrected chi connectivity index (χ3v) is 4.94. The van der Waals surface area contributed by atoms with Crippen molar-refractivity contribution < 1.29 is 4.79 Å². The van der Waals surface area contributed by atoms with Crippen LogP contribution in [0.2, 0.25) is 0 Å². The monoisotopic (exact) mass is 482 g/mol. The van der Waals surface area contributed by atoms with Crippen LogP contribution in [-0.2, 0) is 6.54 Å². The first-order valence-corrected chi connectivity index (χ1v) is 12.6. The van der Waals surface area contributed by atoms with Gasteiger partial charge in [0.15, 0.2) is 0 Å². The molecule has 0 aliphatic heterocycles. The van der Waals surface area contributed by atoms with Crippen LogP contribution in [0.1, 0.15) is 62.5 Å². The van der Waals surface area contributed by atoms with Gasteiger partial charge < -0.3 is 16.4 Å². The van der Waals surface area contributed by atoms with Gasteiger partial charge in [0, 0.05) is 17.0 Å². The molecule has 0 heterocycles. The number of thioether (sulfide) groups is 1. The Morgan fingerprint density at radius 1 is 1.06 bits per heavy atom. The SMILES string of the molecule is C=C.C=NC(=C)NCc1ccc(C(=O)Nc2cc(/C(=C/CC)SC)ccc2N)cc1.CC.CC. The summed E-state index contributed by atoms with van der Waals surface area (Å²) in [5, 5.41) is 5.94. The maximum atomic E-state index is 12.6. The van der Waals surface area contributed by atoms with Crippen LogP contribution in [0.15, 0.2) is 79.1 Å². The Balaban J connectivity index is 0. The molecule has 5 nitrogen and oxygen atoms in total. The van der Waals surface area contributed by atoms with Gasteiger partial charge >= 0.3 is 0 Å². The van der Waals surface area contributed by atoms with Crippen LogP contribution in [0.5, 0.6) is 0 Å². The van der Waals surface area contributed by atoms with Gasteiger partial charge in [-0.2, -0.15) is 0 Å². The summed E-state index contributed by atoms with van der Waals surface area (Å²) in [6.07, 6.45) is 5.14. The Morgan fingerprint density at radius 2 is 1.62 bits per heavy atom.